The number of piperazine rings is 1. The summed E-state index contributed by atoms with van der Waals surface area (Å²) < 4.78 is 5.50. The number of methoxy groups -OCH3 is 1. The fraction of sp³-hybridized carbons (Fsp3) is 0.500. The molecule has 1 saturated heterocycles. The zero-order valence-corrected chi connectivity index (χ0v) is 14.5. The van der Waals surface area contributed by atoms with E-state index in [1.165, 1.54) is 11.4 Å². The highest BCUT2D eigenvalue weighted by atomic mass is 16.5. The molecule has 0 saturated carbocycles. The number of hydrogen-bond donors (Lipinski definition) is 1. The molecule has 23 heavy (non-hydrogen) atoms. The van der Waals surface area contributed by atoms with Crippen LogP contribution in [0.4, 0.5) is 5.69 Å². The van der Waals surface area contributed by atoms with Crippen molar-refractivity contribution < 1.29 is 4.74 Å². The van der Waals surface area contributed by atoms with Gasteiger partial charge in [0.15, 0.2) is 0 Å². The molecule has 0 aliphatic carbocycles. The molecule has 5 nitrogen and oxygen atoms in total. The van der Waals surface area contributed by atoms with Crippen molar-refractivity contribution in [3.8, 4) is 5.75 Å². The van der Waals surface area contributed by atoms with Crippen LogP contribution in [0.15, 0.2) is 24.3 Å². The predicted molar refractivity (Wildman–Crippen MR) is 93.1 cm³/mol. The van der Waals surface area contributed by atoms with Crippen molar-refractivity contribution in [3.05, 3.63) is 41.5 Å². The van der Waals surface area contributed by atoms with Crippen molar-refractivity contribution in [2.75, 3.05) is 31.6 Å². The Morgan fingerprint density at radius 2 is 2.04 bits per heavy atom. The summed E-state index contributed by atoms with van der Waals surface area (Å²) >= 11 is 0. The molecule has 124 valence electrons. The maximum absolute atomic E-state index is 5.50. The van der Waals surface area contributed by atoms with E-state index >= 15 is 0 Å². The zero-order chi connectivity index (χ0) is 16.4. The average molecular weight is 314 g/mol. The Bertz CT molecular complexity index is 647. The third-order valence-corrected chi connectivity index (χ3v) is 4.72. The van der Waals surface area contributed by atoms with Crippen molar-refractivity contribution in [1.82, 2.24) is 14.9 Å². The number of H-pyrrole nitrogens is 1. The SMILES string of the molecule is COc1ccccc1N1CCN(Cc2nc(C)c(C)[nH]2)C(C)C1. The van der Waals surface area contributed by atoms with Gasteiger partial charge < -0.3 is 14.6 Å². The molecule has 1 fully saturated rings. The molecule has 0 bridgehead atoms. The summed E-state index contributed by atoms with van der Waals surface area (Å²) in [5.74, 6) is 2.02. The van der Waals surface area contributed by atoms with Crippen molar-refractivity contribution in [2.24, 2.45) is 0 Å². The molecule has 5 heteroatoms. The molecule has 1 aliphatic heterocycles. The zero-order valence-electron chi connectivity index (χ0n) is 14.5. The number of nitrogens with one attached hydrogen (secondary N) is 1. The third kappa shape index (κ3) is 3.34. The topological polar surface area (TPSA) is 44.4 Å². The predicted octanol–water partition coefficient (Wildman–Crippen LogP) is 2.75. The van der Waals surface area contributed by atoms with Gasteiger partial charge in [-0.2, -0.15) is 0 Å². The Morgan fingerprint density at radius 1 is 1.26 bits per heavy atom. The molecular weight excluding hydrogens is 288 g/mol. The highest BCUT2D eigenvalue weighted by Crippen LogP contribution is 2.29. The molecule has 0 spiro atoms. The van der Waals surface area contributed by atoms with Crippen molar-refractivity contribution >= 4 is 5.69 Å². The van der Waals surface area contributed by atoms with E-state index in [4.69, 9.17) is 4.74 Å². The second kappa shape index (κ2) is 6.62. The highest BCUT2D eigenvalue weighted by Gasteiger charge is 2.26. The van der Waals surface area contributed by atoms with E-state index < -0.39 is 0 Å². The van der Waals surface area contributed by atoms with E-state index in [2.05, 4.69) is 52.7 Å². The molecule has 1 N–H and O–H groups in total. The van der Waals surface area contributed by atoms with Crippen LogP contribution in [-0.2, 0) is 6.54 Å². The van der Waals surface area contributed by atoms with Crippen LogP contribution in [0.25, 0.3) is 0 Å². The minimum absolute atomic E-state index is 0.472. The summed E-state index contributed by atoms with van der Waals surface area (Å²) in [7, 11) is 1.74. The molecule has 1 aromatic heterocycles. The first kappa shape index (κ1) is 15.9. The summed E-state index contributed by atoms with van der Waals surface area (Å²) in [5, 5.41) is 0. The van der Waals surface area contributed by atoms with Crippen LogP contribution in [0.2, 0.25) is 0 Å². The number of imidazole rings is 1. The van der Waals surface area contributed by atoms with Gasteiger partial charge in [0, 0.05) is 31.4 Å². The van der Waals surface area contributed by atoms with Gasteiger partial charge in [-0.3, -0.25) is 4.90 Å². The lowest BCUT2D eigenvalue weighted by Gasteiger charge is -2.41. The fourth-order valence-corrected chi connectivity index (χ4v) is 3.23. The number of anilines is 1. The maximum Gasteiger partial charge on any atom is 0.142 e. The minimum Gasteiger partial charge on any atom is -0.495 e. The number of para-hydroxylation sites is 2. The fourth-order valence-electron chi connectivity index (χ4n) is 3.23. The van der Waals surface area contributed by atoms with Gasteiger partial charge in [0.25, 0.3) is 0 Å². The summed E-state index contributed by atoms with van der Waals surface area (Å²) in [5.41, 5.74) is 3.45. The number of hydrogen-bond acceptors (Lipinski definition) is 4. The lowest BCUT2D eigenvalue weighted by Crippen LogP contribution is -2.51. The van der Waals surface area contributed by atoms with E-state index in [1.807, 2.05) is 12.1 Å². The summed E-state index contributed by atoms with van der Waals surface area (Å²) in [6, 6.07) is 8.73. The number of ether oxygens (including phenoxy) is 1. The first-order valence-electron chi connectivity index (χ1n) is 8.22. The van der Waals surface area contributed by atoms with Gasteiger partial charge in [0.1, 0.15) is 11.6 Å². The molecular formula is C18H26N4O. The molecule has 2 aromatic rings. The van der Waals surface area contributed by atoms with Gasteiger partial charge in [0.2, 0.25) is 0 Å². The van der Waals surface area contributed by atoms with Crippen molar-refractivity contribution in [2.45, 2.75) is 33.4 Å². The normalized spacial score (nSPS) is 19.1. The van der Waals surface area contributed by atoms with Crippen LogP contribution in [0, 0.1) is 13.8 Å². The van der Waals surface area contributed by atoms with Gasteiger partial charge in [-0.25, -0.2) is 4.98 Å². The molecule has 3 rings (SSSR count). The van der Waals surface area contributed by atoms with Crippen molar-refractivity contribution in [1.29, 1.82) is 0 Å². The van der Waals surface area contributed by atoms with Crippen LogP contribution in [-0.4, -0.2) is 47.7 Å². The first-order valence-corrected chi connectivity index (χ1v) is 8.22. The maximum atomic E-state index is 5.50. The van der Waals surface area contributed by atoms with E-state index in [1.54, 1.807) is 7.11 Å². The highest BCUT2D eigenvalue weighted by molar-refractivity contribution is 5.58. The van der Waals surface area contributed by atoms with Crippen LogP contribution in [0.1, 0.15) is 24.1 Å². The lowest BCUT2D eigenvalue weighted by molar-refractivity contribution is 0.176. The number of aromatic nitrogens is 2. The van der Waals surface area contributed by atoms with Crippen LogP contribution < -0.4 is 9.64 Å². The van der Waals surface area contributed by atoms with Gasteiger partial charge >= 0.3 is 0 Å². The minimum atomic E-state index is 0.472. The lowest BCUT2D eigenvalue weighted by atomic mass is 10.1. The first-order chi connectivity index (χ1) is 11.1. The van der Waals surface area contributed by atoms with Crippen LogP contribution >= 0.6 is 0 Å². The molecule has 1 unspecified atom stereocenters. The summed E-state index contributed by atoms with van der Waals surface area (Å²) in [4.78, 5) is 12.9. The second-order valence-electron chi connectivity index (χ2n) is 6.33. The third-order valence-electron chi connectivity index (χ3n) is 4.72. The Hall–Kier alpha value is -2.01. The number of rotatable bonds is 4. The number of aromatic amines is 1. The van der Waals surface area contributed by atoms with E-state index in [-0.39, 0.29) is 0 Å². The molecule has 1 aromatic carbocycles. The van der Waals surface area contributed by atoms with E-state index in [0.717, 1.165) is 43.4 Å². The van der Waals surface area contributed by atoms with Gasteiger partial charge in [0.05, 0.1) is 25.0 Å². The molecule has 0 amide bonds. The Labute approximate surface area is 138 Å². The number of benzene rings is 1. The largest absolute Gasteiger partial charge is 0.495 e. The molecule has 2 heterocycles. The number of nitrogens with zero attached hydrogens (tertiary/aromatic N) is 3. The Balaban J connectivity index is 1.67. The molecule has 1 aliphatic rings. The summed E-state index contributed by atoms with van der Waals surface area (Å²) in [6.45, 7) is 10.3. The smallest absolute Gasteiger partial charge is 0.142 e. The van der Waals surface area contributed by atoms with Crippen LogP contribution in [0.5, 0.6) is 5.75 Å². The average Bonchev–Trinajstić information content (AvgIpc) is 2.87. The van der Waals surface area contributed by atoms with E-state index in [0.29, 0.717) is 6.04 Å². The summed E-state index contributed by atoms with van der Waals surface area (Å²) in [6.07, 6.45) is 0. The van der Waals surface area contributed by atoms with Crippen molar-refractivity contribution in [3.63, 3.8) is 0 Å². The van der Waals surface area contributed by atoms with Gasteiger partial charge in [-0.15, -0.1) is 0 Å². The molecule has 1 atom stereocenters. The molecule has 0 radical (unpaired) electrons. The second-order valence-corrected chi connectivity index (χ2v) is 6.33. The quantitative estimate of drug-likeness (QED) is 0.942. The van der Waals surface area contributed by atoms with Gasteiger partial charge in [-0.1, -0.05) is 12.1 Å². The van der Waals surface area contributed by atoms with Gasteiger partial charge in [-0.05, 0) is 32.9 Å². The monoisotopic (exact) mass is 314 g/mol. The standard InChI is InChI=1S/C18H26N4O/c1-13-11-22(16-7-5-6-8-17(16)23-4)10-9-21(13)12-18-19-14(2)15(3)20-18/h5-8,13H,9-12H2,1-4H3,(H,19,20). The van der Waals surface area contributed by atoms with E-state index in [9.17, 15) is 0 Å². The number of aryl methyl sites for hydroxylation is 2. The Kier molecular flexibility index (Phi) is 4.57. The van der Waals surface area contributed by atoms with Crippen LogP contribution in [0.3, 0.4) is 0 Å². The Morgan fingerprint density at radius 3 is 2.70 bits per heavy atom.